The van der Waals surface area contributed by atoms with Gasteiger partial charge in [-0.15, -0.1) is 0 Å². The lowest BCUT2D eigenvalue weighted by Crippen LogP contribution is -2.12. The number of hydrogen-bond acceptors (Lipinski definition) is 3. The van der Waals surface area contributed by atoms with Gasteiger partial charge in [-0.1, -0.05) is 13.8 Å². The number of nitrogens with zero attached hydrogens (tertiary/aromatic N) is 3. The van der Waals surface area contributed by atoms with Crippen molar-refractivity contribution in [3.8, 4) is 5.75 Å². The van der Waals surface area contributed by atoms with Gasteiger partial charge in [0.15, 0.2) is 5.82 Å². The molecule has 0 aliphatic rings. The summed E-state index contributed by atoms with van der Waals surface area (Å²) in [5.74, 6) is -0.153. The summed E-state index contributed by atoms with van der Waals surface area (Å²) >= 11 is 0. The van der Waals surface area contributed by atoms with Crippen LogP contribution in [0.2, 0.25) is 0 Å². The lowest BCUT2D eigenvalue weighted by Gasteiger charge is -2.09. The molecular formula is C13H15F2N3O. The van der Waals surface area contributed by atoms with E-state index in [1.807, 2.05) is 0 Å². The number of halogens is 2. The first-order valence-electron chi connectivity index (χ1n) is 6.00. The molecule has 4 nitrogen and oxygen atoms in total. The standard InChI is InChI=1S/C13H15F2N3O/c1-9(2)6-18-13(16-8-17-18)7-19-12-4-10(14)3-11(15)5-12/h3-5,8-9H,6-7H2,1-2H3. The minimum Gasteiger partial charge on any atom is -0.485 e. The van der Waals surface area contributed by atoms with Crippen molar-refractivity contribution in [1.82, 2.24) is 14.8 Å². The van der Waals surface area contributed by atoms with Gasteiger partial charge < -0.3 is 4.74 Å². The molecule has 0 saturated carbocycles. The van der Waals surface area contributed by atoms with Gasteiger partial charge in [-0.2, -0.15) is 5.10 Å². The highest BCUT2D eigenvalue weighted by atomic mass is 19.1. The second-order valence-corrected chi connectivity index (χ2v) is 4.65. The molecular weight excluding hydrogens is 252 g/mol. The van der Waals surface area contributed by atoms with Gasteiger partial charge in [0.1, 0.15) is 30.3 Å². The lowest BCUT2D eigenvalue weighted by atomic mass is 10.2. The van der Waals surface area contributed by atoms with E-state index < -0.39 is 11.6 Å². The van der Waals surface area contributed by atoms with E-state index in [1.165, 1.54) is 6.33 Å². The molecule has 0 spiro atoms. The van der Waals surface area contributed by atoms with Crippen molar-refractivity contribution in [1.29, 1.82) is 0 Å². The fourth-order valence-electron chi connectivity index (χ4n) is 1.66. The largest absolute Gasteiger partial charge is 0.485 e. The Hall–Kier alpha value is -1.98. The maximum absolute atomic E-state index is 13.0. The predicted octanol–water partition coefficient (Wildman–Crippen LogP) is 2.79. The Morgan fingerprint density at radius 2 is 1.89 bits per heavy atom. The zero-order chi connectivity index (χ0) is 13.8. The van der Waals surface area contributed by atoms with Crippen LogP contribution in [0.25, 0.3) is 0 Å². The van der Waals surface area contributed by atoms with Gasteiger partial charge in [0, 0.05) is 24.7 Å². The van der Waals surface area contributed by atoms with Crippen LogP contribution in [0.15, 0.2) is 24.5 Å². The highest BCUT2D eigenvalue weighted by molar-refractivity contribution is 5.23. The second-order valence-electron chi connectivity index (χ2n) is 4.65. The molecule has 0 atom stereocenters. The van der Waals surface area contributed by atoms with Gasteiger partial charge in [0.05, 0.1) is 0 Å². The van der Waals surface area contributed by atoms with Crippen molar-refractivity contribution in [3.05, 3.63) is 42.0 Å². The van der Waals surface area contributed by atoms with Crippen LogP contribution >= 0.6 is 0 Å². The third-order valence-corrected chi connectivity index (χ3v) is 2.44. The molecule has 0 N–H and O–H groups in total. The smallest absolute Gasteiger partial charge is 0.164 e. The molecule has 0 aliphatic heterocycles. The molecule has 0 saturated heterocycles. The molecule has 6 heteroatoms. The highest BCUT2D eigenvalue weighted by Crippen LogP contribution is 2.16. The van der Waals surface area contributed by atoms with E-state index in [9.17, 15) is 8.78 Å². The monoisotopic (exact) mass is 267 g/mol. The topological polar surface area (TPSA) is 39.9 Å². The van der Waals surface area contributed by atoms with E-state index in [0.29, 0.717) is 11.7 Å². The van der Waals surface area contributed by atoms with E-state index in [4.69, 9.17) is 4.74 Å². The SMILES string of the molecule is CC(C)Cn1ncnc1COc1cc(F)cc(F)c1. The molecule has 0 radical (unpaired) electrons. The first-order valence-corrected chi connectivity index (χ1v) is 6.00. The molecule has 19 heavy (non-hydrogen) atoms. The summed E-state index contributed by atoms with van der Waals surface area (Å²) in [5, 5.41) is 4.08. The van der Waals surface area contributed by atoms with Crippen molar-refractivity contribution in [2.75, 3.05) is 0 Å². The molecule has 0 bridgehead atoms. The molecule has 2 rings (SSSR count). The third-order valence-electron chi connectivity index (χ3n) is 2.44. The lowest BCUT2D eigenvalue weighted by molar-refractivity contribution is 0.280. The summed E-state index contributed by atoms with van der Waals surface area (Å²) in [7, 11) is 0. The normalized spacial score (nSPS) is 11.0. The van der Waals surface area contributed by atoms with Gasteiger partial charge in [0.25, 0.3) is 0 Å². The summed E-state index contributed by atoms with van der Waals surface area (Å²) < 4.78 is 33.0. The summed E-state index contributed by atoms with van der Waals surface area (Å²) in [5.41, 5.74) is 0. The van der Waals surface area contributed by atoms with Crippen LogP contribution in [-0.4, -0.2) is 14.8 Å². The molecule has 102 valence electrons. The van der Waals surface area contributed by atoms with Crippen LogP contribution < -0.4 is 4.74 Å². The van der Waals surface area contributed by atoms with E-state index in [2.05, 4.69) is 23.9 Å². The van der Waals surface area contributed by atoms with E-state index >= 15 is 0 Å². The van der Waals surface area contributed by atoms with Crippen molar-refractivity contribution < 1.29 is 13.5 Å². The van der Waals surface area contributed by atoms with E-state index in [1.54, 1.807) is 4.68 Å². The van der Waals surface area contributed by atoms with Gasteiger partial charge in [0.2, 0.25) is 0 Å². The van der Waals surface area contributed by atoms with Crippen molar-refractivity contribution in [2.24, 2.45) is 5.92 Å². The Balaban J connectivity index is 2.04. The van der Waals surface area contributed by atoms with Crippen LogP contribution in [0.1, 0.15) is 19.7 Å². The van der Waals surface area contributed by atoms with Crippen molar-refractivity contribution in [2.45, 2.75) is 27.0 Å². The quantitative estimate of drug-likeness (QED) is 0.836. The Bertz CT molecular complexity index is 534. The Kier molecular flexibility index (Phi) is 4.09. The summed E-state index contributed by atoms with van der Waals surface area (Å²) in [4.78, 5) is 4.07. The van der Waals surface area contributed by atoms with E-state index in [-0.39, 0.29) is 12.4 Å². The number of benzene rings is 1. The van der Waals surface area contributed by atoms with Crippen LogP contribution in [0.3, 0.4) is 0 Å². The molecule has 1 heterocycles. The molecule has 0 unspecified atom stereocenters. The zero-order valence-corrected chi connectivity index (χ0v) is 10.8. The first-order chi connectivity index (χ1) is 9.04. The van der Waals surface area contributed by atoms with Gasteiger partial charge >= 0.3 is 0 Å². The van der Waals surface area contributed by atoms with Gasteiger partial charge in [-0.05, 0) is 5.92 Å². The summed E-state index contributed by atoms with van der Waals surface area (Å²) in [6, 6.07) is 3.06. The number of hydrogen-bond donors (Lipinski definition) is 0. The molecule has 0 aliphatic carbocycles. The minimum absolute atomic E-state index is 0.121. The van der Waals surface area contributed by atoms with Crippen molar-refractivity contribution >= 4 is 0 Å². The average Bonchev–Trinajstić information content (AvgIpc) is 2.71. The Morgan fingerprint density at radius 1 is 1.21 bits per heavy atom. The zero-order valence-electron chi connectivity index (χ0n) is 10.8. The molecule has 0 amide bonds. The molecule has 2 aromatic rings. The van der Waals surface area contributed by atoms with Crippen molar-refractivity contribution in [3.63, 3.8) is 0 Å². The Labute approximate surface area is 110 Å². The average molecular weight is 267 g/mol. The second kappa shape index (κ2) is 5.77. The van der Waals surface area contributed by atoms with Gasteiger partial charge in [-0.25, -0.2) is 18.4 Å². The first kappa shape index (κ1) is 13.5. The number of rotatable bonds is 5. The summed E-state index contributed by atoms with van der Waals surface area (Å²) in [6.07, 6.45) is 1.44. The summed E-state index contributed by atoms with van der Waals surface area (Å²) in [6.45, 7) is 4.97. The van der Waals surface area contributed by atoms with Crippen LogP contribution in [0, 0.1) is 17.6 Å². The fraction of sp³-hybridized carbons (Fsp3) is 0.385. The third kappa shape index (κ3) is 3.74. The van der Waals surface area contributed by atoms with Crippen LogP contribution in [0.5, 0.6) is 5.75 Å². The molecule has 1 aromatic carbocycles. The maximum Gasteiger partial charge on any atom is 0.164 e. The maximum atomic E-state index is 13.0. The number of ether oxygens (including phenoxy) is 1. The fourth-order valence-corrected chi connectivity index (χ4v) is 1.66. The highest BCUT2D eigenvalue weighted by Gasteiger charge is 2.08. The van der Waals surface area contributed by atoms with Gasteiger partial charge in [-0.3, -0.25) is 0 Å². The predicted molar refractivity (Wildman–Crippen MR) is 65.6 cm³/mol. The van der Waals surface area contributed by atoms with Crippen LogP contribution in [0.4, 0.5) is 8.78 Å². The van der Waals surface area contributed by atoms with Crippen LogP contribution in [-0.2, 0) is 13.2 Å². The Morgan fingerprint density at radius 3 is 2.53 bits per heavy atom. The van der Waals surface area contributed by atoms with E-state index in [0.717, 1.165) is 24.7 Å². The minimum atomic E-state index is -0.668. The number of aromatic nitrogens is 3. The molecule has 0 fully saturated rings. The molecule has 1 aromatic heterocycles.